The van der Waals surface area contributed by atoms with E-state index in [1.165, 1.54) is 6.07 Å². The fourth-order valence-electron chi connectivity index (χ4n) is 2.01. The van der Waals surface area contributed by atoms with Crippen LogP contribution in [0.5, 0.6) is 0 Å². The number of halogens is 1. The standard InChI is InChI=1S/C16H18FNO2/c1-11-5-3-7-14(15(11)17)16(19)18-12(2)8-9-13-6-4-10-20-13/h3-7,10,12H,8-9H2,1-2H3,(H,18,19). The highest BCUT2D eigenvalue weighted by Crippen LogP contribution is 2.12. The molecule has 1 N–H and O–H groups in total. The van der Waals surface area contributed by atoms with Gasteiger partial charge in [-0.3, -0.25) is 4.79 Å². The Balaban J connectivity index is 1.92. The number of aryl methyl sites for hydroxylation is 2. The minimum atomic E-state index is -0.455. The minimum absolute atomic E-state index is 0.0486. The molecule has 4 heteroatoms. The summed E-state index contributed by atoms with van der Waals surface area (Å²) in [5, 5.41) is 2.81. The molecule has 0 fully saturated rings. The molecule has 0 saturated carbocycles. The van der Waals surface area contributed by atoms with Gasteiger partial charge in [0.2, 0.25) is 0 Å². The molecule has 0 saturated heterocycles. The number of hydrogen-bond acceptors (Lipinski definition) is 2. The molecule has 1 aromatic carbocycles. The Morgan fingerprint density at radius 2 is 2.15 bits per heavy atom. The van der Waals surface area contributed by atoms with Crippen LogP contribution in [0.3, 0.4) is 0 Å². The summed E-state index contributed by atoms with van der Waals surface area (Å²) < 4.78 is 19.1. The van der Waals surface area contributed by atoms with Crippen LogP contribution in [0.1, 0.15) is 35.0 Å². The first kappa shape index (κ1) is 14.3. The van der Waals surface area contributed by atoms with Crippen molar-refractivity contribution in [1.29, 1.82) is 0 Å². The monoisotopic (exact) mass is 275 g/mol. The number of carbonyl (C=O) groups is 1. The fraction of sp³-hybridized carbons (Fsp3) is 0.312. The van der Waals surface area contributed by atoms with Crippen molar-refractivity contribution in [3.63, 3.8) is 0 Å². The molecule has 1 unspecified atom stereocenters. The van der Waals surface area contributed by atoms with Crippen molar-refractivity contribution in [2.24, 2.45) is 0 Å². The molecule has 0 aliphatic heterocycles. The van der Waals surface area contributed by atoms with E-state index in [1.54, 1.807) is 25.3 Å². The van der Waals surface area contributed by atoms with E-state index >= 15 is 0 Å². The second-order valence-electron chi connectivity index (χ2n) is 4.93. The Hall–Kier alpha value is -2.10. The Morgan fingerprint density at radius 3 is 2.85 bits per heavy atom. The molecular formula is C16H18FNO2. The average Bonchev–Trinajstić information content (AvgIpc) is 2.92. The average molecular weight is 275 g/mol. The van der Waals surface area contributed by atoms with E-state index in [2.05, 4.69) is 5.32 Å². The zero-order valence-corrected chi connectivity index (χ0v) is 11.7. The van der Waals surface area contributed by atoms with Crippen LogP contribution >= 0.6 is 0 Å². The van der Waals surface area contributed by atoms with E-state index in [0.29, 0.717) is 5.56 Å². The molecular weight excluding hydrogens is 257 g/mol. The molecule has 2 aromatic rings. The van der Waals surface area contributed by atoms with Gasteiger partial charge in [-0.05, 0) is 44.0 Å². The van der Waals surface area contributed by atoms with Crippen LogP contribution in [0.4, 0.5) is 4.39 Å². The minimum Gasteiger partial charge on any atom is -0.469 e. The van der Waals surface area contributed by atoms with Crippen LogP contribution < -0.4 is 5.32 Å². The molecule has 1 heterocycles. The van der Waals surface area contributed by atoms with Crippen molar-refractivity contribution in [2.75, 3.05) is 0 Å². The summed E-state index contributed by atoms with van der Waals surface area (Å²) in [6, 6.07) is 8.51. The van der Waals surface area contributed by atoms with Crippen LogP contribution in [0.25, 0.3) is 0 Å². The predicted octanol–water partition coefficient (Wildman–Crippen LogP) is 3.48. The van der Waals surface area contributed by atoms with E-state index < -0.39 is 5.82 Å². The zero-order chi connectivity index (χ0) is 14.5. The molecule has 0 radical (unpaired) electrons. The molecule has 20 heavy (non-hydrogen) atoms. The normalized spacial score (nSPS) is 12.2. The number of rotatable bonds is 5. The number of hydrogen-bond donors (Lipinski definition) is 1. The molecule has 106 valence electrons. The SMILES string of the molecule is Cc1cccc(C(=O)NC(C)CCc2ccco2)c1F. The van der Waals surface area contributed by atoms with Gasteiger partial charge in [0.15, 0.2) is 0 Å². The van der Waals surface area contributed by atoms with Gasteiger partial charge in [0.25, 0.3) is 5.91 Å². The molecule has 0 spiro atoms. The fourth-order valence-corrected chi connectivity index (χ4v) is 2.01. The molecule has 0 aliphatic rings. The highest BCUT2D eigenvalue weighted by molar-refractivity contribution is 5.94. The van der Waals surface area contributed by atoms with Gasteiger partial charge in [0.05, 0.1) is 11.8 Å². The molecule has 0 bridgehead atoms. The van der Waals surface area contributed by atoms with Crippen molar-refractivity contribution < 1.29 is 13.6 Å². The largest absolute Gasteiger partial charge is 0.469 e. The smallest absolute Gasteiger partial charge is 0.254 e. The molecule has 0 aliphatic carbocycles. The van der Waals surface area contributed by atoms with Gasteiger partial charge in [-0.2, -0.15) is 0 Å². The lowest BCUT2D eigenvalue weighted by molar-refractivity contribution is 0.0934. The van der Waals surface area contributed by atoms with Gasteiger partial charge in [0.1, 0.15) is 11.6 Å². The summed E-state index contributed by atoms with van der Waals surface area (Å²) in [7, 11) is 0. The maximum Gasteiger partial charge on any atom is 0.254 e. The lowest BCUT2D eigenvalue weighted by atomic mass is 10.1. The summed E-state index contributed by atoms with van der Waals surface area (Å²) in [6.07, 6.45) is 3.11. The lowest BCUT2D eigenvalue weighted by Gasteiger charge is -2.14. The second-order valence-corrected chi connectivity index (χ2v) is 4.93. The number of furan rings is 1. The Labute approximate surface area is 117 Å². The molecule has 3 nitrogen and oxygen atoms in total. The third-order valence-corrected chi connectivity index (χ3v) is 3.22. The highest BCUT2D eigenvalue weighted by Gasteiger charge is 2.15. The number of benzene rings is 1. The van der Waals surface area contributed by atoms with Crippen LogP contribution in [0.2, 0.25) is 0 Å². The van der Waals surface area contributed by atoms with Crippen molar-refractivity contribution in [3.8, 4) is 0 Å². The summed E-state index contributed by atoms with van der Waals surface area (Å²) in [5.74, 6) is 0.0502. The third kappa shape index (κ3) is 3.47. The first-order chi connectivity index (χ1) is 9.58. The van der Waals surface area contributed by atoms with Gasteiger partial charge >= 0.3 is 0 Å². The molecule has 1 amide bonds. The van der Waals surface area contributed by atoms with Gasteiger partial charge in [-0.1, -0.05) is 12.1 Å². The topological polar surface area (TPSA) is 42.2 Å². The van der Waals surface area contributed by atoms with Crippen LogP contribution in [0, 0.1) is 12.7 Å². The van der Waals surface area contributed by atoms with E-state index in [0.717, 1.165) is 18.6 Å². The van der Waals surface area contributed by atoms with Crippen LogP contribution in [0.15, 0.2) is 41.0 Å². The number of carbonyl (C=O) groups excluding carboxylic acids is 1. The third-order valence-electron chi connectivity index (χ3n) is 3.22. The summed E-state index contributed by atoms with van der Waals surface area (Å²) in [5.41, 5.74) is 0.565. The Morgan fingerprint density at radius 1 is 1.35 bits per heavy atom. The van der Waals surface area contributed by atoms with Gasteiger partial charge in [-0.15, -0.1) is 0 Å². The van der Waals surface area contributed by atoms with E-state index in [-0.39, 0.29) is 17.5 Å². The predicted molar refractivity (Wildman–Crippen MR) is 75.1 cm³/mol. The van der Waals surface area contributed by atoms with E-state index in [4.69, 9.17) is 4.42 Å². The van der Waals surface area contributed by atoms with Crippen molar-refractivity contribution in [1.82, 2.24) is 5.32 Å². The van der Waals surface area contributed by atoms with Crippen molar-refractivity contribution in [3.05, 3.63) is 59.3 Å². The Kier molecular flexibility index (Phi) is 4.56. The zero-order valence-electron chi connectivity index (χ0n) is 11.7. The molecule has 1 atom stereocenters. The van der Waals surface area contributed by atoms with Crippen LogP contribution in [-0.2, 0) is 6.42 Å². The Bertz CT molecular complexity index is 578. The number of nitrogens with one attached hydrogen (secondary N) is 1. The summed E-state index contributed by atoms with van der Waals surface area (Å²) in [6.45, 7) is 3.54. The van der Waals surface area contributed by atoms with Gasteiger partial charge in [-0.25, -0.2) is 4.39 Å². The first-order valence-electron chi connectivity index (χ1n) is 6.66. The first-order valence-corrected chi connectivity index (χ1v) is 6.66. The maximum absolute atomic E-state index is 13.8. The highest BCUT2D eigenvalue weighted by atomic mass is 19.1. The van der Waals surface area contributed by atoms with E-state index in [9.17, 15) is 9.18 Å². The van der Waals surface area contributed by atoms with Crippen molar-refractivity contribution >= 4 is 5.91 Å². The summed E-state index contributed by atoms with van der Waals surface area (Å²) in [4.78, 5) is 12.0. The molecule has 1 aromatic heterocycles. The number of amides is 1. The van der Waals surface area contributed by atoms with Gasteiger partial charge < -0.3 is 9.73 Å². The van der Waals surface area contributed by atoms with Crippen molar-refractivity contribution in [2.45, 2.75) is 32.7 Å². The lowest BCUT2D eigenvalue weighted by Crippen LogP contribution is -2.33. The summed E-state index contributed by atoms with van der Waals surface area (Å²) >= 11 is 0. The van der Waals surface area contributed by atoms with E-state index in [1.807, 2.05) is 19.1 Å². The van der Waals surface area contributed by atoms with Crippen LogP contribution in [-0.4, -0.2) is 11.9 Å². The molecule has 2 rings (SSSR count). The quantitative estimate of drug-likeness (QED) is 0.907. The van der Waals surface area contributed by atoms with Gasteiger partial charge in [0, 0.05) is 12.5 Å². The second kappa shape index (κ2) is 6.37. The maximum atomic E-state index is 13.8.